The summed E-state index contributed by atoms with van der Waals surface area (Å²) in [4.78, 5) is 0. The van der Waals surface area contributed by atoms with Crippen LogP contribution in [0.5, 0.6) is 0 Å². The molecule has 0 bridgehead atoms. The standard InChI is InChI=1S/C11H19NO3S/c1-4-16(13,14)8-11-6-5-10(15-11)7-12-9(2)3/h5-6,9,12H,4,7-8H2,1-3H3. The van der Waals surface area contributed by atoms with Crippen molar-refractivity contribution in [1.29, 1.82) is 0 Å². The minimum absolute atomic E-state index is 0.00875. The van der Waals surface area contributed by atoms with Crippen molar-refractivity contribution in [3.63, 3.8) is 0 Å². The number of furan rings is 1. The van der Waals surface area contributed by atoms with Gasteiger partial charge in [-0.05, 0) is 12.1 Å². The van der Waals surface area contributed by atoms with Crippen LogP contribution in [0, 0.1) is 0 Å². The highest BCUT2D eigenvalue weighted by Crippen LogP contribution is 2.11. The number of sulfone groups is 1. The van der Waals surface area contributed by atoms with Crippen molar-refractivity contribution >= 4 is 9.84 Å². The highest BCUT2D eigenvalue weighted by Gasteiger charge is 2.12. The Kier molecular flexibility index (Phi) is 4.56. The molecule has 1 aromatic heterocycles. The van der Waals surface area contributed by atoms with Gasteiger partial charge in [0.1, 0.15) is 17.3 Å². The SMILES string of the molecule is CCS(=O)(=O)Cc1ccc(CNC(C)C)o1. The Morgan fingerprint density at radius 1 is 1.31 bits per heavy atom. The van der Waals surface area contributed by atoms with Gasteiger partial charge in [-0.2, -0.15) is 0 Å². The summed E-state index contributed by atoms with van der Waals surface area (Å²) < 4.78 is 28.2. The van der Waals surface area contributed by atoms with Crippen LogP contribution in [0.4, 0.5) is 0 Å². The predicted octanol–water partition coefficient (Wildman–Crippen LogP) is 1.71. The Balaban J connectivity index is 2.58. The van der Waals surface area contributed by atoms with Crippen LogP contribution in [0.1, 0.15) is 32.3 Å². The molecule has 0 unspecified atom stereocenters. The molecule has 1 heterocycles. The number of hydrogen-bond donors (Lipinski definition) is 1. The van der Waals surface area contributed by atoms with Gasteiger partial charge in [0.05, 0.1) is 6.54 Å². The molecule has 0 aliphatic rings. The fourth-order valence-electron chi connectivity index (χ4n) is 1.22. The van der Waals surface area contributed by atoms with Crippen LogP contribution in [0.2, 0.25) is 0 Å². The van der Waals surface area contributed by atoms with Crippen LogP contribution in [-0.4, -0.2) is 20.2 Å². The molecular weight excluding hydrogens is 226 g/mol. The number of rotatable bonds is 6. The number of hydrogen-bond acceptors (Lipinski definition) is 4. The van der Waals surface area contributed by atoms with E-state index in [0.717, 1.165) is 5.76 Å². The van der Waals surface area contributed by atoms with Gasteiger partial charge in [0, 0.05) is 11.8 Å². The van der Waals surface area contributed by atoms with E-state index >= 15 is 0 Å². The van der Waals surface area contributed by atoms with Crippen molar-refractivity contribution in [2.24, 2.45) is 0 Å². The first-order valence-corrected chi connectivity index (χ1v) is 7.26. The Labute approximate surface area is 97.0 Å². The molecule has 1 N–H and O–H groups in total. The fraction of sp³-hybridized carbons (Fsp3) is 0.636. The molecule has 0 aliphatic heterocycles. The van der Waals surface area contributed by atoms with Crippen molar-refractivity contribution in [3.05, 3.63) is 23.7 Å². The first-order valence-electron chi connectivity index (χ1n) is 5.44. The molecule has 92 valence electrons. The maximum atomic E-state index is 11.4. The monoisotopic (exact) mass is 245 g/mol. The van der Waals surface area contributed by atoms with Crippen LogP contribution in [0.3, 0.4) is 0 Å². The Hall–Kier alpha value is -0.810. The molecule has 0 amide bonds. The third kappa shape index (κ3) is 4.37. The molecule has 5 heteroatoms. The lowest BCUT2D eigenvalue weighted by molar-refractivity contribution is 0.443. The molecule has 4 nitrogen and oxygen atoms in total. The van der Waals surface area contributed by atoms with Crippen LogP contribution in [-0.2, 0) is 22.1 Å². The van der Waals surface area contributed by atoms with E-state index in [2.05, 4.69) is 5.32 Å². The summed E-state index contributed by atoms with van der Waals surface area (Å²) in [7, 11) is -3.00. The van der Waals surface area contributed by atoms with Gasteiger partial charge in [0.2, 0.25) is 0 Å². The van der Waals surface area contributed by atoms with Crippen molar-refractivity contribution < 1.29 is 12.8 Å². The summed E-state index contributed by atoms with van der Waals surface area (Å²) in [6.45, 7) is 6.36. The molecule has 0 saturated heterocycles. The fourth-order valence-corrected chi connectivity index (χ4v) is 2.01. The lowest BCUT2D eigenvalue weighted by Gasteiger charge is -2.05. The molecule has 1 aromatic rings. The summed E-state index contributed by atoms with van der Waals surface area (Å²) in [6.07, 6.45) is 0. The summed E-state index contributed by atoms with van der Waals surface area (Å²) in [5.41, 5.74) is 0. The normalized spacial score (nSPS) is 12.2. The van der Waals surface area contributed by atoms with Gasteiger partial charge in [-0.25, -0.2) is 8.42 Å². The summed E-state index contributed by atoms with van der Waals surface area (Å²) in [6, 6.07) is 3.92. The van der Waals surface area contributed by atoms with E-state index < -0.39 is 9.84 Å². The van der Waals surface area contributed by atoms with Gasteiger partial charge in [-0.3, -0.25) is 0 Å². The second-order valence-electron chi connectivity index (χ2n) is 4.08. The molecular formula is C11H19NO3S. The molecule has 0 aromatic carbocycles. The molecule has 0 fully saturated rings. The van der Waals surface area contributed by atoms with Gasteiger partial charge in [-0.15, -0.1) is 0 Å². The Morgan fingerprint density at radius 2 is 1.94 bits per heavy atom. The van der Waals surface area contributed by atoms with Crippen molar-refractivity contribution in [3.8, 4) is 0 Å². The molecule has 0 radical (unpaired) electrons. The zero-order chi connectivity index (χ0) is 12.2. The second kappa shape index (κ2) is 5.50. The molecule has 0 atom stereocenters. The maximum Gasteiger partial charge on any atom is 0.157 e. The second-order valence-corrected chi connectivity index (χ2v) is 6.43. The summed E-state index contributed by atoms with van der Waals surface area (Å²) in [5, 5.41) is 3.21. The zero-order valence-corrected chi connectivity index (χ0v) is 10.8. The largest absolute Gasteiger partial charge is 0.464 e. The topological polar surface area (TPSA) is 59.3 Å². The minimum atomic E-state index is -3.00. The average molecular weight is 245 g/mol. The van der Waals surface area contributed by atoms with Gasteiger partial charge in [-0.1, -0.05) is 20.8 Å². The Bertz CT molecular complexity index is 420. The van der Waals surface area contributed by atoms with Crippen molar-refractivity contribution in [1.82, 2.24) is 5.32 Å². The first kappa shape index (κ1) is 13.3. The molecule has 0 spiro atoms. The van der Waals surface area contributed by atoms with Gasteiger partial charge < -0.3 is 9.73 Å². The van der Waals surface area contributed by atoms with E-state index in [-0.39, 0.29) is 11.5 Å². The van der Waals surface area contributed by atoms with Crippen LogP contribution in [0.25, 0.3) is 0 Å². The third-order valence-corrected chi connectivity index (χ3v) is 3.81. The van der Waals surface area contributed by atoms with E-state index in [4.69, 9.17) is 4.42 Å². The van der Waals surface area contributed by atoms with Crippen molar-refractivity contribution in [2.45, 2.75) is 39.1 Å². The zero-order valence-electron chi connectivity index (χ0n) is 9.99. The predicted molar refractivity (Wildman–Crippen MR) is 63.8 cm³/mol. The highest BCUT2D eigenvalue weighted by atomic mass is 32.2. The van der Waals surface area contributed by atoms with Gasteiger partial charge in [0.25, 0.3) is 0 Å². The third-order valence-electron chi connectivity index (χ3n) is 2.20. The highest BCUT2D eigenvalue weighted by molar-refractivity contribution is 7.90. The molecule has 0 aliphatic carbocycles. The maximum absolute atomic E-state index is 11.4. The van der Waals surface area contributed by atoms with E-state index in [9.17, 15) is 8.42 Å². The van der Waals surface area contributed by atoms with Gasteiger partial charge >= 0.3 is 0 Å². The minimum Gasteiger partial charge on any atom is -0.464 e. The first-order chi connectivity index (χ1) is 7.43. The van der Waals surface area contributed by atoms with E-state index in [1.54, 1.807) is 13.0 Å². The summed E-state index contributed by atoms with van der Waals surface area (Å²) >= 11 is 0. The molecule has 0 saturated carbocycles. The quantitative estimate of drug-likeness (QED) is 0.829. The number of nitrogens with one attached hydrogen (secondary N) is 1. The van der Waals surface area contributed by atoms with Crippen molar-refractivity contribution in [2.75, 3.05) is 5.75 Å². The lowest BCUT2D eigenvalue weighted by Crippen LogP contribution is -2.21. The molecule has 1 rings (SSSR count). The summed E-state index contributed by atoms with van der Waals surface area (Å²) in [5.74, 6) is 1.43. The Morgan fingerprint density at radius 3 is 2.50 bits per heavy atom. The van der Waals surface area contributed by atoms with E-state index in [1.165, 1.54) is 0 Å². The molecule has 16 heavy (non-hydrogen) atoms. The van der Waals surface area contributed by atoms with Crippen LogP contribution >= 0.6 is 0 Å². The van der Waals surface area contributed by atoms with E-state index in [1.807, 2.05) is 19.9 Å². The van der Waals surface area contributed by atoms with E-state index in [0.29, 0.717) is 18.3 Å². The lowest BCUT2D eigenvalue weighted by atomic mass is 10.3. The average Bonchev–Trinajstić information content (AvgIpc) is 2.62. The van der Waals surface area contributed by atoms with Gasteiger partial charge in [0.15, 0.2) is 9.84 Å². The van der Waals surface area contributed by atoms with Crippen LogP contribution in [0.15, 0.2) is 16.5 Å². The van der Waals surface area contributed by atoms with Crippen LogP contribution < -0.4 is 5.32 Å². The smallest absolute Gasteiger partial charge is 0.157 e.